The molecule has 2 aromatic rings. The van der Waals surface area contributed by atoms with Crippen LogP contribution in [0.25, 0.3) is 10.2 Å². The van der Waals surface area contributed by atoms with Gasteiger partial charge >= 0.3 is 0 Å². The molecule has 2 unspecified atom stereocenters. The van der Waals surface area contributed by atoms with Crippen LogP contribution in [0.3, 0.4) is 0 Å². The van der Waals surface area contributed by atoms with Crippen LogP contribution in [0, 0.1) is 5.92 Å². The molecule has 4 rings (SSSR count). The Morgan fingerprint density at radius 3 is 3.00 bits per heavy atom. The first-order chi connectivity index (χ1) is 12.6. The van der Waals surface area contributed by atoms with E-state index >= 15 is 0 Å². The molecule has 3 heterocycles. The van der Waals surface area contributed by atoms with Gasteiger partial charge in [0, 0.05) is 30.3 Å². The van der Waals surface area contributed by atoms with E-state index in [1.165, 1.54) is 16.9 Å². The fourth-order valence-corrected chi connectivity index (χ4v) is 5.40. The summed E-state index contributed by atoms with van der Waals surface area (Å²) in [4.78, 5) is 34.3. The first-order valence-corrected chi connectivity index (χ1v) is 10.5. The molecule has 3 N–H and O–H groups in total. The minimum absolute atomic E-state index is 0. The molecule has 27 heavy (non-hydrogen) atoms. The van der Waals surface area contributed by atoms with Gasteiger partial charge in [-0.3, -0.25) is 9.59 Å². The Labute approximate surface area is 169 Å². The van der Waals surface area contributed by atoms with Gasteiger partial charge in [-0.1, -0.05) is 6.92 Å². The number of amides is 1. The number of hydrogen-bond acceptors (Lipinski definition) is 5. The highest BCUT2D eigenvalue weighted by molar-refractivity contribution is 7.18. The second kappa shape index (κ2) is 8.71. The van der Waals surface area contributed by atoms with Gasteiger partial charge in [0.2, 0.25) is 5.91 Å². The van der Waals surface area contributed by atoms with Crippen molar-refractivity contribution in [3.8, 4) is 0 Å². The summed E-state index contributed by atoms with van der Waals surface area (Å²) < 4.78 is 0. The predicted molar refractivity (Wildman–Crippen MR) is 111 cm³/mol. The molecule has 1 amide bonds. The Hall–Kier alpha value is -1.44. The van der Waals surface area contributed by atoms with Crippen LogP contribution in [-0.4, -0.2) is 35.0 Å². The van der Waals surface area contributed by atoms with Gasteiger partial charge in [0.25, 0.3) is 5.56 Å². The van der Waals surface area contributed by atoms with Crippen LogP contribution in [0.1, 0.15) is 48.9 Å². The highest BCUT2D eigenvalue weighted by Gasteiger charge is 2.23. The summed E-state index contributed by atoms with van der Waals surface area (Å²) in [6, 6.07) is 0.396. The summed E-state index contributed by atoms with van der Waals surface area (Å²) >= 11 is 1.65. The molecule has 2 aliphatic rings. The van der Waals surface area contributed by atoms with Crippen LogP contribution in [0.15, 0.2) is 4.79 Å². The molecule has 1 fully saturated rings. The maximum atomic E-state index is 12.6. The van der Waals surface area contributed by atoms with Gasteiger partial charge in [0.15, 0.2) is 0 Å². The minimum atomic E-state index is -0.0485. The van der Waals surface area contributed by atoms with Crippen LogP contribution in [0.5, 0.6) is 0 Å². The highest BCUT2D eigenvalue weighted by Crippen LogP contribution is 2.35. The lowest BCUT2D eigenvalue weighted by Crippen LogP contribution is -2.37. The van der Waals surface area contributed by atoms with E-state index in [1.807, 2.05) is 0 Å². The number of thiophene rings is 1. The van der Waals surface area contributed by atoms with Gasteiger partial charge in [-0.25, -0.2) is 4.98 Å². The number of H-pyrrole nitrogens is 1. The minimum Gasteiger partial charge on any atom is -0.355 e. The van der Waals surface area contributed by atoms with E-state index in [1.54, 1.807) is 11.3 Å². The van der Waals surface area contributed by atoms with Crippen LogP contribution in [0.2, 0.25) is 0 Å². The third-order valence-electron chi connectivity index (χ3n) is 5.51. The first-order valence-electron chi connectivity index (χ1n) is 9.63. The summed E-state index contributed by atoms with van der Waals surface area (Å²) in [6.45, 7) is 3.98. The number of rotatable bonds is 5. The molecular formula is C19H27ClN4O2S. The number of aromatic amines is 1. The normalized spacial score (nSPS) is 21.7. The fraction of sp³-hybridized carbons (Fsp3) is 0.632. The third kappa shape index (κ3) is 4.52. The Morgan fingerprint density at radius 2 is 2.22 bits per heavy atom. The summed E-state index contributed by atoms with van der Waals surface area (Å²) in [5, 5.41) is 7.11. The summed E-state index contributed by atoms with van der Waals surface area (Å²) in [5.74, 6) is 1.30. The fourth-order valence-electron chi connectivity index (χ4n) is 4.00. The van der Waals surface area contributed by atoms with Gasteiger partial charge in [-0.2, -0.15) is 0 Å². The van der Waals surface area contributed by atoms with Crippen molar-refractivity contribution in [3.63, 3.8) is 0 Å². The lowest BCUT2D eigenvalue weighted by Gasteiger charge is -2.17. The average molecular weight is 411 g/mol. The van der Waals surface area contributed by atoms with E-state index in [2.05, 4.69) is 27.5 Å². The monoisotopic (exact) mass is 410 g/mol. The third-order valence-corrected chi connectivity index (χ3v) is 6.66. The quantitative estimate of drug-likeness (QED) is 0.706. The Morgan fingerprint density at radius 1 is 1.37 bits per heavy atom. The van der Waals surface area contributed by atoms with Gasteiger partial charge in [0.1, 0.15) is 10.7 Å². The van der Waals surface area contributed by atoms with E-state index in [0.29, 0.717) is 37.2 Å². The molecule has 0 bridgehead atoms. The van der Waals surface area contributed by atoms with E-state index < -0.39 is 0 Å². The molecule has 1 aliphatic heterocycles. The number of nitrogens with one attached hydrogen (secondary N) is 3. The van der Waals surface area contributed by atoms with E-state index in [0.717, 1.165) is 42.4 Å². The highest BCUT2D eigenvalue weighted by atomic mass is 35.5. The number of aromatic nitrogens is 2. The number of hydrogen-bond donors (Lipinski definition) is 3. The van der Waals surface area contributed by atoms with Crippen molar-refractivity contribution in [1.82, 2.24) is 20.6 Å². The van der Waals surface area contributed by atoms with E-state index in [-0.39, 0.29) is 23.9 Å². The van der Waals surface area contributed by atoms with Crippen molar-refractivity contribution < 1.29 is 4.79 Å². The van der Waals surface area contributed by atoms with Crippen molar-refractivity contribution in [2.75, 3.05) is 13.1 Å². The lowest BCUT2D eigenvalue weighted by molar-refractivity contribution is -0.121. The average Bonchev–Trinajstić information content (AvgIpc) is 3.24. The van der Waals surface area contributed by atoms with E-state index in [4.69, 9.17) is 0 Å². The van der Waals surface area contributed by atoms with Gasteiger partial charge < -0.3 is 15.6 Å². The maximum absolute atomic E-state index is 12.6. The second-order valence-electron chi connectivity index (χ2n) is 7.64. The molecular weight excluding hydrogens is 384 g/mol. The standard InChI is InChI=1S/C19H26N4O2S.ClH/c1-11-4-5-13-14(9-11)26-19-17(13)18(25)22-15(23-19)6-7-16(24)21-10-12-3-2-8-20-12;/h11-12,20H,2-10H2,1H3,(H,21,24)(H,22,23,25);1H. The maximum Gasteiger partial charge on any atom is 0.259 e. The van der Waals surface area contributed by atoms with Crippen molar-refractivity contribution in [3.05, 3.63) is 26.6 Å². The number of halogens is 1. The Kier molecular flexibility index (Phi) is 6.55. The number of carbonyl (C=O) groups excluding carboxylic acids is 1. The molecule has 1 saturated heterocycles. The molecule has 1 aliphatic carbocycles. The van der Waals surface area contributed by atoms with Gasteiger partial charge in [0.05, 0.1) is 5.39 Å². The predicted octanol–water partition coefficient (Wildman–Crippen LogP) is 2.33. The number of fused-ring (bicyclic) bond motifs is 3. The lowest BCUT2D eigenvalue weighted by atomic mass is 9.89. The number of nitrogens with zero attached hydrogens (tertiary/aromatic N) is 1. The zero-order valence-electron chi connectivity index (χ0n) is 15.6. The molecule has 2 aromatic heterocycles. The molecule has 0 aromatic carbocycles. The molecule has 2 atom stereocenters. The molecule has 0 saturated carbocycles. The number of carbonyl (C=O) groups is 1. The van der Waals surface area contributed by atoms with Crippen LogP contribution in [-0.2, 0) is 24.1 Å². The summed E-state index contributed by atoms with van der Waals surface area (Å²) in [5.41, 5.74) is 1.15. The van der Waals surface area contributed by atoms with Crippen molar-refractivity contribution in [2.24, 2.45) is 5.92 Å². The Bertz CT molecular complexity index is 872. The topological polar surface area (TPSA) is 86.9 Å². The molecule has 0 radical (unpaired) electrons. The summed E-state index contributed by atoms with van der Waals surface area (Å²) in [6.07, 6.45) is 6.26. The zero-order valence-corrected chi connectivity index (χ0v) is 17.2. The van der Waals surface area contributed by atoms with Gasteiger partial charge in [-0.05, 0) is 50.1 Å². The zero-order chi connectivity index (χ0) is 18.1. The van der Waals surface area contributed by atoms with Crippen LogP contribution in [0.4, 0.5) is 0 Å². The number of aryl methyl sites for hydroxylation is 2. The largest absolute Gasteiger partial charge is 0.355 e. The molecule has 148 valence electrons. The summed E-state index contributed by atoms with van der Waals surface area (Å²) in [7, 11) is 0. The molecule has 8 heteroatoms. The van der Waals surface area contributed by atoms with Crippen molar-refractivity contribution in [1.29, 1.82) is 0 Å². The SMILES string of the molecule is CC1CCc2c(sc3nc(CCC(=O)NCC4CCCN4)[nH]c(=O)c23)C1.Cl. The molecule has 0 spiro atoms. The van der Waals surface area contributed by atoms with Crippen LogP contribution >= 0.6 is 23.7 Å². The van der Waals surface area contributed by atoms with Gasteiger partial charge in [-0.15, -0.1) is 23.7 Å². The van der Waals surface area contributed by atoms with E-state index in [9.17, 15) is 9.59 Å². The van der Waals surface area contributed by atoms with Crippen molar-refractivity contribution >= 4 is 39.9 Å². The second-order valence-corrected chi connectivity index (χ2v) is 8.73. The van der Waals surface area contributed by atoms with Crippen LogP contribution < -0.4 is 16.2 Å². The smallest absolute Gasteiger partial charge is 0.259 e. The van der Waals surface area contributed by atoms with Crippen molar-refractivity contribution in [2.45, 2.75) is 57.9 Å². The first kappa shape index (κ1) is 20.3. The Balaban J connectivity index is 0.00000210. The molecule has 6 nitrogen and oxygen atoms in total.